The Morgan fingerprint density at radius 1 is 1.32 bits per heavy atom. The van der Waals surface area contributed by atoms with E-state index in [1.807, 2.05) is 4.90 Å². The van der Waals surface area contributed by atoms with E-state index in [9.17, 15) is 4.39 Å². The first-order chi connectivity index (χ1) is 10.1. The summed E-state index contributed by atoms with van der Waals surface area (Å²) in [5.41, 5.74) is 5.53. The Balaban J connectivity index is 2.00. The van der Waals surface area contributed by atoms with Crippen molar-refractivity contribution >= 4 is 20.0 Å². The van der Waals surface area contributed by atoms with E-state index in [1.54, 1.807) is 12.1 Å². The highest BCUT2D eigenvalue weighted by atomic mass is 28.4. The van der Waals surface area contributed by atoms with Crippen LogP contribution in [0, 0.1) is 0 Å². The molecule has 22 heavy (non-hydrogen) atoms. The number of rotatable bonds is 3. The molecule has 0 bridgehead atoms. The Hall–Kier alpha value is -1.21. The smallest absolute Gasteiger partial charge is 0.192 e. The Kier molecular flexibility index (Phi) is 4.77. The van der Waals surface area contributed by atoms with Gasteiger partial charge in [0.1, 0.15) is 12.0 Å². The number of anilines is 2. The quantitative estimate of drug-likeness (QED) is 0.865. The molecular formula is C15H27FN4OSi. The zero-order valence-electron chi connectivity index (χ0n) is 14.1. The molecule has 0 radical (unpaired) electrons. The van der Waals surface area contributed by atoms with Gasteiger partial charge in [0.15, 0.2) is 14.1 Å². The van der Waals surface area contributed by atoms with Crippen LogP contribution in [-0.2, 0) is 4.43 Å². The fourth-order valence-electron chi connectivity index (χ4n) is 2.28. The molecule has 1 saturated heterocycles. The Bertz CT molecular complexity index is 503. The largest absolute Gasteiger partial charge is 0.411 e. The molecule has 0 aliphatic carbocycles. The van der Waals surface area contributed by atoms with Crippen molar-refractivity contribution in [3.05, 3.63) is 12.1 Å². The van der Waals surface area contributed by atoms with Gasteiger partial charge in [0.2, 0.25) is 0 Å². The molecular weight excluding hydrogens is 299 g/mol. The van der Waals surface area contributed by atoms with Crippen LogP contribution >= 0.6 is 0 Å². The second kappa shape index (κ2) is 6.12. The third kappa shape index (κ3) is 3.75. The summed E-state index contributed by atoms with van der Waals surface area (Å²) in [5.74, 6) is 1.04. The molecule has 5 nitrogen and oxygen atoms in total. The average molecular weight is 326 g/mol. The monoisotopic (exact) mass is 326 g/mol. The van der Waals surface area contributed by atoms with Gasteiger partial charge in [-0.05, 0) is 36.7 Å². The molecule has 2 atom stereocenters. The van der Waals surface area contributed by atoms with Crippen molar-refractivity contribution in [2.24, 2.45) is 0 Å². The molecule has 0 unspecified atom stereocenters. The van der Waals surface area contributed by atoms with Crippen LogP contribution < -0.4 is 10.6 Å². The van der Waals surface area contributed by atoms with Crippen molar-refractivity contribution in [1.82, 2.24) is 10.2 Å². The first kappa shape index (κ1) is 17.1. The van der Waals surface area contributed by atoms with E-state index in [4.69, 9.17) is 10.2 Å². The number of nitrogens with zero attached hydrogens (tertiary/aromatic N) is 3. The zero-order chi connectivity index (χ0) is 16.5. The second-order valence-electron chi connectivity index (χ2n) is 7.48. The Morgan fingerprint density at radius 3 is 2.50 bits per heavy atom. The standard InChI is InChI=1S/C15H27FN4OSi/c1-15(2,3)22(4,5)21-12-8-9-20(10-11(12)16)14-7-6-13(17)18-19-14/h6-7,11-12H,8-10H2,1-5H3,(H2,17,18)/t11-,12-/m1/s1. The van der Waals surface area contributed by atoms with E-state index in [0.717, 1.165) is 6.54 Å². The van der Waals surface area contributed by atoms with E-state index in [2.05, 4.69) is 44.1 Å². The molecule has 1 aliphatic rings. The minimum atomic E-state index is -1.95. The minimum absolute atomic E-state index is 0.0896. The summed E-state index contributed by atoms with van der Waals surface area (Å²) in [5, 5.41) is 7.95. The molecule has 1 aliphatic heterocycles. The van der Waals surface area contributed by atoms with Crippen LogP contribution in [0.2, 0.25) is 18.1 Å². The number of hydrogen-bond acceptors (Lipinski definition) is 5. The summed E-state index contributed by atoms with van der Waals surface area (Å²) in [6.07, 6.45) is -0.666. The topological polar surface area (TPSA) is 64.3 Å². The molecule has 1 fully saturated rings. The predicted molar refractivity (Wildman–Crippen MR) is 90.2 cm³/mol. The van der Waals surface area contributed by atoms with Crippen LogP contribution in [0.4, 0.5) is 16.0 Å². The maximum atomic E-state index is 14.6. The molecule has 2 rings (SSSR count). The van der Waals surface area contributed by atoms with E-state index in [0.29, 0.717) is 18.1 Å². The molecule has 7 heteroatoms. The number of nitrogens with two attached hydrogens (primary N) is 1. The lowest BCUT2D eigenvalue weighted by Gasteiger charge is -2.43. The first-order valence-electron chi connectivity index (χ1n) is 7.76. The first-order valence-corrected chi connectivity index (χ1v) is 10.7. The van der Waals surface area contributed by atoms with Crippen LogP contribution in [0.1, 0.15) is 27.2 Å². The van der Waals surface area contributed by atoms with Crippen LogP contribution in [0.15, 0.2) is 12.1 Å². The van der Waals surface area contributed by atoms with Gasteiger partial charge in [-0.1, -0.05) is 20.8 Å². The summed E-state index contributed by atoms with van der Waals surface area (Å²) in [4.78, 5) is 1.91. The molecule has 0 amide bonds. The summed E-state index contributed by atoms with van der Waals surface area (Å²) in [6.45, 7) is 11.9. The van der Waals surface area contributed by atoms with Crippen molar-refractivity contribution in [2.75, 3.05) is 23.7 Å². The normalized spacial score (nSPS) is 23.6. The van der Waals surface area contributed by atoms with Crippen LogP contribution in [-0.4, -0.2) is 43.9 Å². The van der Waals surface area contributed by atoms with E-state index >= 15 is 0 Å². The van der Waals surface area contributed by atoms with E-state index in [1.165, 1.54) is 0 Å². The van der Waals surface area contributed by atoms with Gasteiger partial charge in [-0.2, -0.15) is 0 Å². The van der Waals surface area contributed by atoms with Gasteiger partial charge in [0, 0.05) is 6.54 Å². The highest BCUT2D eigenvalue weighted by Gasteiger charge is 2.42. The molecule has 124 valence electrons. The lowest BCUT2D eigenvalue weighted by Crippen LogP contribution is -2.52. The van der Waals surface area contributed by atoms with Gasteiger partial charge in [-0.3, -0.25) is 0 Å². The molecule has 0 saturated carbocycles. The molecule has 0 aromatic carbocycles. The van der Waals surface area contributed by atoms with Gasteiger partial charge in [0.25, 0.3) is 0 Å². The van der Waals surface area contributed by atoms with Gasteiger partial charge in [-0.15, -0.1) is 10.2 Å². The van der Waals surface area contributed by atoms with Crippen LogP contribution in [0.3, 0.4) is 0 Å². The molecule has 2 heterocycles. The lowest BCUT2D eigenvalue weighted by atomic mass is 10.1. The molecule has 2 N–H and O–H groups in total. The number of aromatic nitrogens is 2. The Morgan fingerprint density at radius 2 is 2.00 bits per heavy atom. The average Bonchev–Trinajstić information content (AvgIpc) is 2.40. The second-order valence-corrected chi connectivity index (χ2v) is 12.2. The SMILES string of the molecule is CC(C)(C)[Si](C)(C)O[C@@H]1CCN(c2ccc(N)nn2)C[C@H]1F. The highest BCUT2D eigenvalue weighted by Crippen LogP contribution is 2.38. The van der Waals surface area contributed by atoms with Crippen molar-refractivity contribution in [1.29, 1.82) is 0 Å². The number of nitrogen functional groups attached to an aromatic ring is 1. The van der Waals surface area contributed by atoms with Gasteiger partial charge >= 0.3 is 0 Å². The Labute approximate surface area is 133 Å². The van der Waals surface area contributed by atoms with Crippen molar-refractivity contribution in [3.63, 3.8) is 0 Å². The van der Waals surface area contributed by atoms with E-state index in [-0.39, 0.29) is 17.7 Å². The van der Waals surface area contributed by atoms with Gasteiger partial charge < -0.3 is 15.1 Å². The third-order valence-corrected chi connectivity index (χ3v) is 9.23. The predicted octanol–water partition coefficient (Wildman–Crippen LogP) is 3.00. The van der Waals surface area contributed by atoms with Crippen LogP contribution in [0.5, 0.6) is 0 Å². The third-order valence-electron chi connectivity index (χ3n) is 4.73. The van der Waals surface area contributed by atoms with E-state index < -0.39 is 14.5 Å². The minimum Gasteiger partial charge on any atom is -0.411 e. The molecule has 1 aromatic heterocycles. The number of hydrogen-bond donors (Lipinski definition) is 1. The van der Waals surface area contributed by atoms with Crippen molar-refractivity contribution < 1.29 is 8.82 Å². The summed E-state index contributed by atoms with van der Waals surface area (Å²) >= 11 is 0. The summed E-state index contributed by atoms with van der Waals surface area (Å²) < 4.78 is 20.8. The number of piperidine rings is 1. The number of alkyl halides is 1. The zero-order valence-corrected chi connectivity index (χ0v) is 15.1. The van der Waals surface area contributed by atoms with Crippen molar-refractivity contribution in [2.45, 2.75) is 57.6 Å². The summed E-state index contributed by atoms with van der Waals surface area (Å²) in [6, 6.07) is 3.47. The van der Waals surface area contributed by atoms with Crippen molar-refractivity contribution in [3.8, 4) is 0 Å². The van der Waals surface area contributed by atoms with Crippen LogP contribution in [0.25, 0.3) is 0 Å². The lowest BCUT2D eigenvalue weighted by molar-refractivity contribution is 0.0699. The maximum absolute atomic E-state index is 14.6. The van der Waals surface area contributed by atoms with Gasteiger partial charge in [-0.25, -0.2) is 4.39 Å². The molecule has 1 aromatic rings. The fraction of sp³-hybridized carbons (Fsp3) is 0.733. The molecule has 0 spiro atoms. The fourth-order valence-corrected chi connectivity index (χ4v) is 3.66. The highest BCUT2D eigenvalue weighted by molar-refractivity contribution is 6.74. The maximum Gasteiger partial charge on any atom is 0.192 e. The van der Waals surface area contributed by atoms with Gasteiger partial charge in [0.05, 0.1) is 12.6 Å². The summed E-state index contributed by atoms with van der Waals surface area (Å²) in [7, 11) is -1.95. The number of halogens is 1.